The monoisotopic (exact) mass is 210 g/mol. The molecule has 0 saturated carbocycles. The van der Waals surface area contributed by atoms with Crippen molar-refractivity contribution in [2.75, 3.05) is 0 Å². The summed E-state index contributed by atoms with van der Waals surface area (Å²) in [5, 5.41) is 0.939. The molecular weight excluding hydrogens is 188 g/mol. The first-order valence-corrected chi connectivity index (χ1v) is 8.86. The zero-order chi connectivity index (χ0) is 11.2. The van der Waals surface area contributed by atoms with E-state index in [2.05, 4.69) is 38.6 Å². The number of hydrogen-bond donors (Lipinski definition) is 0. The normalized spacial score (nSPS) is 12.5. The van der Waals surface area contributed by atoms with Crippen LogP contribution >= 0.6 is 0 Å². The Morgan fingerprint density at radius 3 is 2.29 bits per heavy atom. The van der Waals surface area contributed by atoms with Crippen molar-refractivity contribution < 1.29 is 4.79 Å². The molecule has 0 aromatic heterocycles. The van der Waals surface area contributed by atoms with Crippen LogP contribution in [0.3, 0.4) is 0 Å². The zero-order valence-corrected chi connectivity index (χ0v) is 11.1. The van der Waals surface area contributed by atoms with E-state index in [1.807, 2.05) is 6.92 Å². The summed E-state index contributed by atoms with van der Waals surface area (Å²) in [5.74, 6) is 2.13. The fraction of sp³-hybridized carbons (Fsp3) is 0.667. The minimum absolute atomic E-state index is 0.939. The molecule has 0 bridgehead atoms. The predicted molar refractivity (Wildman–Crippen MR) is 65.8 cm³/mol. The molecule has 0 aliphatic heterocycles. The molecule has 0 aliphatic rings. The Bertz CT molecular complexity index is 252. The van der Waals surface area contributed by atoms with Gasteiger partial charge < -0.3 is 0 Å². The minimum Gasteiger partial charge on any atom is -0.234 e. The Labute approximate surface area is 88.9 Å². The van der Waals surface area contributed by atoms with Gasteiger partial charge in [-0.25, -0.2) is 4.79 Å². The van der Waals surface area contributed by atoms with Crippen molar-refractivity contribution in [2.45, 2.75) is 52.8 Å². The number of carbonyl (C=O) groups excluding carboxylic acids is 1. The van der Waals surface area contributed by atoms with E-state index >= 15 is 0 Å². The van der Waals surface area contributed by atoms with E-state index in [0.717, 1.165) is 17.2 Å². The van der Waals surface area contributed by atoms with Crippen LogP contribution in [0.15, 0.2) is 16.8 Å². The molecule has 0 saturated heterocycles. The quantitative estimate of drug-likeness (QED) is 0.292. The van der Waals surface area contributed by atoms with Crippen molar-refractivity contribution in [1.82, 2.24) is 0 Å². The first kappa shape index (κ1) is 13.4. The maximum absolute atomic E-state index is 10.9. The highest BCUT2D eigenvalue weighted by Gasteiger charge is 2.21. The van der Waals surface area contributed by atoms with E-state index in [0.29, 0.717) is 0 Å². The van der Waals surface area contributed by atoms with Gasteiger partial charge in [-0.15, -0.1) is 0 Å². The summed E-state index contributed by atoms with van der Waals surface area (Å²) in [6.45, 7) is 10.8. The van der Waals surface area contributed by atoms with Crippen LogP contribution in [0.2, 0.25) is 19.6 Å². The molecule has 14 heavy (non-hydrogen) atoms. The summed E-state index contributed by atoms with van der Waals surface area (Å²) in [4.78, 5) is 10.9. The molecule has 0 N–H and O–H groups in total. The highest BCUT2D eigenvalue weighted by atomic mass is 28.3. The van der Waals surface area contributed by atoms with Crippen molar-refractivity contribution in [2.24, 2.45) is 0 Å². The molecule has 0 fully saturated rings. The van der Waals surface area contributed by atoms with E-state index < -0.39 is 8.07 Å². The standard InChI is InChI=1S/C12H22OSi/c1-6-7-8-9-11(2)12(10-13)14(3,4)5/h9H,6-8H2,1-5H3/b11-9-. The van der Waals surface area contributed by atoms with Crippen LogP contribution < -0.4 is 0 Å². The van der Waals surface area contributed by atoms with Gasteiger partial charge in [0.25, 0.3) is 0 Å². The fourth-order valence-electron chi connectivity index (χ4n) is 1.45. The summed E-state index contributed by atoms with van der Waals surface area (Å²) in [6, 6.07) is 0. The molecular formula is C12H22OSi. The molecule has 0 heterocycles. The lowest BCUT2D eigenvalue weighted by molar-refractivity contribution is 0.568. The van der Waals surface area contributed by atoms with Gasteiger partial charge in [0, 0.05) is 5.20 Å². The lowest BCUT2D eigenvalue weighted by atomic mass is 10.2. The van der Waals surface area contributed by atoms with Crippen molar-refractivity contribution in [3.8, 4) is 0 Å². The highest BCUT2D eigenvalue weighted by molar-refractivity contribution is 6.85. The summed E-state index contributed by atoms with van der Waals surface area (Å²) < 4.78 is 0. The van der Waals surface area contributed by atoms with Gasteiger partial charge in [0.05, 0.1) is 8.07 Å². The Morgan fingerprint density at radius 2 is 1.93 bits per heavy atom. The van der Waals surface area contributed by atoms with E-state index in [1.165, 1.54) is 12.8 Å². The topological polar surface area (TPSA) is 17.1 Å². The Hall–Kier alpha value is -0.593. The molecule has 0 radical (unpaired) electrons. The van der Waals surface area contributed by atoms with Gasteiger partial charge in [0.1, 0.15) is 5.94 Å². The van der Waals surface area contributed by atoms with Gasteiger partial charge in [0.2, 0.25) is 0 Å². The van der Waals surface area contributed by atoms with Crippen molar-refractivity contribution in [1.29, 1.82) is 0 Å². The first-order valence-electron chi connectivity index (χ1n) is 5.36. The van der Waals surface area contributed by atoms with Crippen molar-refractivity contribution in [3.05, 3.63) is 16.8 Å². The van der Waals surface area contributed by atoms with Crippen LogP contribution in [0, 0.1) is 0 Å². The average molecular weight is 210 g/mol. The van der Waals surface area contributed by atoms with Crippen LogP contribution in [0.25, 0.3) is 0 Å². The molecule has 0 amide bonds. The summed E-state index contributed by atoms with van der Waals surface area (Å²) >= 11 is 0. The minimum atomic E-state index is -1.49. The van der Waals surface area contributed by atoms with Gasteiger partial charge in [-0.05, 0) is 18.9 Å². The molecule has 0 unspecified atom stereocenters. The maximum Gasteiger partial charge on any atom is 0.123 e. The third-order valence-corrected chi connectivity index (χ3v) is 4.25. The van der Waals surface area contributed by atoms with Crippen molar-refractivity contribution in [3.63, 3.8) is 0 Å². The van der Waals surface area contributed by atoms with E-state index in [9.17, 15) is 4.79 Å². The lowest BCUT2D eigenvalue weighted by Gasteiger charge is -2.17. The third kappa shape index (κ3) is 4.59. The molecule has 80 valence electrons. The second-order valence-corrected chi connectivity index (χ2v) is 9.76. The van der Waals surface area contributed by atoms with E-state index in [1.54, 1.807) is 0 Å². The molecule has 0 rings (SSSR count). The summed E-state index contributed by atoms with van der Waals surface area (Å²) in [6.07, 6.45) is 5.67. The van der Waals surface area contributed by atoms with Gasteiger partial charge in [-0.3, -0.25) is 0 Å². The lowest BCUT2D eigenvalue weighted by Crippen LogP contribution is -2.25. The summed E-state index contributed by atoms with van der Waals surface area (Å²) in [7, 11) is -1.49. The maximum atomic E-state index is 10.9. The predicted octanol–water partition coefficient (Wildman–Crippen LogP) is 3.76. The molecule has 0 spiro atoms. The molecule has 0 aliphatic carbocycles. The van der Waals surface area contributed by atoms with Gasteiger partial charge in [0.15, 0.2) is 0 Å². The van der Waals surface area contributed by atoms with Crippen LogP contribution in [-0.2, 0) is 4.79 Å². The third-order valence-electron chi connectivity index (χ3n) is 2.25. The van der Waals surface area contributed by atoms with Gasteiger partial charge in [-0.2, -0.15) is 0 Å². The zero-order valence-electron chi connectivity index (χ0n) is 10.1. The molecule has 0 atom stereocenters. The number of allylic oxidation sites excluding steroid dienone is 3. The molecule has 1 nitrogen and oxygen atoms in total. The summed E-state index contributed by atoms with van der Waals surface area (Å²) in [5.41, 5.74) is 1.15. The van der Waals surface area contributed by atoms with Crippen LogP contribution in [0.1, 0.15) is 33.1 Å². The van der Waals surface area contributed by atoms with Gasteiger partial charge in [-0.1, -0.05) is 45.5 Å². The van der Waals surface area contributed by atoms with Crippen LogP contribution in [-0.4, -0.2) is 14.0 Å². The number of unbranched alkanes of at least 4 members (excludes halogenated alkanes) is 2. The molecule has 2 heteroatoms. The number of rotatable bonds is 5. The fourth-order valence-corrected chi connectivity index (χ4v) is 3.04. The second kappa shape index (κ2) is 6.00. The Balaban J connectivity index is 4.57. The smallest absolute Gasteiger partial charge is 0.123 e. The van der Waals surface area contributed by atoms with E-state index in [-0.39, 0.29) is 0 Å². The van der Waals surface area contributed by atoms with Gasteiger partial charge >= 0.3 is 0 Å². The Kier molecular flexibility index (Phi) is 5.74. The average Bonchev–Trinajstić information content (AvgIpc) is 2.03. The first-order chi connectivity index (χ1) is 6.43. The van der Waals surface area contributed by atoms with Crippen molar-refractivity contribution >= 4 is 14.0 Å². The Morgan fingerprint density at radius 1 is 1.36 bits per heavy atom. The highest BCUT2D eigenvalue weighted by Crippen LogP contribution is 2.20. The SMILES string of the molecule is CCCC/C=C(/C)C(=C=O)[Si](C)(C)C. The van der Waals surface area contributed by atoms with E-state index in [4.69, 9.17) is 0 Å². The second-order valence-electron chi connectivity index (χ2n) is 4.76. The molecule has 0 aromatic carbocycles. The van der Waals surface area contributed by atoms with Crippen LogP contribution in [0.5, 0.6) is 0 Å². The largest absolute Gasteiger partial charge is 0.234 e. The number of hydrogen-bond acceptors (Lipinski definition) is 1. The van der Waals surface area contributed by atoms with Crippen LogP contribution in [0.4, 0.5) is 0 Å². The molecule has 0 aromatic rings.